The van der Waals surface area contributed by atoms with Gasteiger partial charge in [-0.1, -0.05) is 19.1 Å². The van der Waals surface area contributed by atoms with Gasteiger partial charge < -0.3 is 5.73 Å². The Morgan fingerprint density at radius 2 is 1.93 bits per heavy atom. The van der Waals surface area contributed by atoms with Crippen LogP contribution in [0.2, 0.25) is 0 Å². The molecular weight excluding hydrogens is 186 g/mol. The zero-order valence-electron chi connectivity index (χ0n) is 9.07. The zero-order chi connectivity index (χ0) is 10.8. The van der Waals surface area contributed by atoms with Gasteiger partial charge in [0.15, 0.2) is 0 Å². The third-order valence-corrected chi connectivity index (χ3v) is 2.46. The second-order valence-corrected chi connectivity index (χ2v) is 3.64. The van der Waals surface area contributed by atoms with Gasteiger partial charge >= 0.3 is 0 Å². The summed E-state index contributed by atoms with van der Waals surface area (Å²) in [6.07, 6.45) is 2.99. The van der Waals surface area contributed by atoms with Crippen molar-refractivity contribution in [2.75, 3.05) is 5.73 Å². The SMILES string of the molecule is CCc1nn(C)cc1-c1ccc(N)cc1. The molecule has 0 bridgehead atoms. The highest BCUT2D eigenvalue weighted by Crippen LogP contribution is 2.23. The van der Waals surface area contributed by atoms with Gasteiger partial charge in [0, 0.05) is 24.5 Å². The van der Waals surface area contributed by atoms with Crippen molar-refractivity contribution in [2.45, 2.75) is 13.3 Å². The van der Waals surface area contributed by atoms with E-state index >= 15 is 0 Å². The van der Waals surface area contributed by atoms with Crippen LogP contribution < -0.4 is 5.73 Å². The van der Waals surface area contributed by atoms with Gasteiger partial charge in [-0.05, 0) is 24.1 Å². The van der Waals surface area contributed by atoms with Crippen LogP contribution >= 0.6 is 0 Å². The summed E-state index contributed by atoms with van der Waals surface area (Å²) in [4.78, 5) is 0. The highest BCUT2D eigenvalue weighted by Gasteiger charge is 2.07. The molecule has 0 spiro atoms. The molecule has 78 valence electrons. The molecule has 2 N–H and O–H groups in total. The number of nitrogen functional groups attached to an aromatic ring is 1. The smallest absolute Gasteiger partial charge is 0.0700 e. The Kier molecular flexibility index (Phi) is 2.46. The Labute approximate surface area is 89.5 Å². The Morgan fingerprint density at radius 1 is 1.27 bits per heavy atom. The van der Waals surface area contributed by atoms with Crippen molar-refractivity contribution in [3.05, 3.63) is 36.2 Å². The largest absolute Gasteiger partial charge is 0.399 e. The summed E-state index contributed by atoms with van der Waals surface area (Å²) in [5.74, 6) is 0. The lowest BCUT2D eigenvalue weighted by Crippen LogP contribution is -1.89. The number of aryl methyl sites for hydroxylation is 2. The number of aromatic nitrogens is 2. The van der Waals surface area contributed by atoms with Crippen molar-refractivity contribution in [1.82, 2.24) is 9.78 Å². The molecule has 3 nitrogen and oxygen atoms in total. The van der Waals surface area contributed by atoms with E-state index in [9.17, 15) is 0 Å². The van der Waals surface area contributed by atoms with Crippen LogP contribution in [0.5, 0.6) is 0 Å². The molecule has 3 heteroatoms. The molecule has 1 aromatic carbocycles. The van der Waals surface area contributed by atoms with Crippen molar-refractivity contribution in [2.24, 2.45) is 7.05 Å². The zero-order valence-corrected chi connectivity index (χ0v) is 9.07. The van der Waals surface area contributed by atoms with Crippen LogP contribution in [-0.4, -0.2) is 9.78 Å². The minimum absolute atomic E-state index is 0.792. The van der Waals surface area contributed by atoms with E-state index in [1.54, 1.807) is 0 Å². The molecule has 1 heterocycles. The van der Waals surface area contributed by atoms with Crippen LogP contribution in [0, 0.1) is 0 Å². The van der Waals surface area contributed by atoms with E-state index in [2.05, 4.69) is 12.0 Å². The molecular formula is C12H15N3. The molecule has 0 fully saturated rings. The number of hydrogen-bond acceptors (Lipinski definition) is 2. The summed E-state index contributed by atoms with van der Waals surface area (Å²) < 4.78 is 1.85. The summed E-state index contributed by atoms with van der Waals surface area (Å²) in [6, 6.07) is 7.90. The molecule has 1 aromatic heterocycles. The van der Waals surface area contributed by atoms with Crippen molar-refractivity contribution in [1.29, 1.82) is 0 Å². The number of nitrogens with zero attached hydrogens (tertiary/aromatic N) is 2. The van der Waals surface area contributed by atoms with Crippen molar-refractivity contribution >= 4 is 5.69 Å². The average Bonchev–Trinajstić information content (AvgIpc) is 2.61. The molecule has 0 saturated carbocycles. The summed E-state index contributed by atoms with van der Waals surface area (Å²) in [5.41, 5.74) is 9.95. The highest BCUT2D eigenvalue weighted by molar-refractivity contribution is 5.67. The fourth-order valence-electron chi connectivity index (χ4n) is 1.70. The first-order valence-electron chi connectivity index (χ1n) is 5.09. The minimum atomic E-state index is 0.792. The number of hydrogen-bond donors (Lipinski definition) is 1. The van der Waals surface area contributed by atoms with Gasteiger partial charge in [0.25, 0.3) is 0 Å². The maximum absolute atomic E-state index is 5.66. The van der Waals surface area contributed by atoms with E-state index in [4.69, 9.17) is 5.73 Å². The first-order chi connectivity index (χ1) is 7.20. The molecule has 0 unspecified atom stereocenters. The maximum Gasteiger partial charge on any atom is 0.0700 e. The van der Waals surface area contributed by atoms with Crippen LogP contribution in [0.1, 0.15) is 12.6 Å². The quantitative estimate of drug-likeness (QED) is 0.757. The summed E-state index contributed by atoms with van der Waals surface area (Å²) in [5, 5.41) is 4.41. The van der Waals surface area contributed by atoms with E-state index in [-0.39, 0.29) is 0 Å². The van der Waals surface area contributed by atoms with Crippen LogP contribution in [0.3, 0.4) is 0 Å². The van der Waals surface area contributed by atoms with Gasteiger partial charge in [0.2, 0.25) is 0 Å². The molecule has 0 amide bonds. The average molecular weight is 201 g/mol. The number of nitrogens with two attached hydrogens (primary N) is 1. The fraction of sp³-hybridized carbons (Fsp3) is 0.250. The van der Waals surface area contributed by atoms with E-state index < -0.39 is 0 Å². The summed E-state index contributed by atoms with van der Waals surface area (Å²) in [7, 11) is 1.94. The molecule has 0 radical (unpaired) electrons. The monoisotopic (exact) mass is 201 g/mol. The first kappa shape index (κ1) is 9.77. The van der Waals surface area contributed by atoms with Crippen LogP contribution in [0.15, 0.2) is 30.5 Å². The van der Waals surface area contributed by atoms with Crippen LogP contribution in [0.25, 0.3) is 11.1 Å². The Bertz CT molecular complexity index is 454. The second kappa shape index (κ2) is 3.77. The fourth-order valence-corrected chi connectivity index (χ4v) is 1.70. The van der Waals surface area contributed by atoms with Gasteiger partial charge in [-0.25, -0.2) is 0 Å². The maximum atomic E-state index is 5.66. The molecule has 0 aliphatic rings. The Morgan fingerprint density at radius 3 is 2.53 bits per heavy atom. The third-order valence-electron chi connectivity index (χ3n) is 2.46. The van der Waals surface area contributed by atoms with E-state index in [0.29, 0.717) is 0 Å². The Hall–Kier alpha value is -1.77. The second-order valence-electron chi connectivity index (χ2n) is 3.64. The lowest BCUT2D eigenvalue weighted by atomic mass is 10.1. The molecule has 2 aromatic rings. The lowest BCUT2D eigenvalue weighted by Gasteiger charge is -2.00. The van der Waals surface area contributed by atoms with Crippen molar-refractivity contribution in [3.63, 3.8) is 0 Å². The minimum Gasteiger partial charge on any atom is -0.399 e. The standard InChI is InChI=1S/C12H15N3/c1-3-12-11(8-15(2)14-12)9-4-6-10(13)7-5-9/h4-8H,3,13H2,1-2H3. The summed E-state index contributed by atoms with van der Waals surface area (Å²) in [6.45, 7) is 2.11. The van der Waals surface area contributed by atoms with Crippen molar-refractivity contribution in [3.8, 4) is 11.1 Å². The van der Waals surface area contributed by atoms with Crippen LogP contribution in [-0.2, 0) is 13.5 Å². The Balaban J connectivity index is 2.48. The third kappa shape index (κ3) is 1.86. The topological polar surface area (TPSA) is 43.8 Å². The first-order valence-corrected chi connectivity index (χ1v) is 5.09. The van der Waals surface area contributed by atoms with Gasteiger partial charge in [-0.15, -0.1) is 0 Å². The number of rotatable bonds is 2. The number of anilines is 1. The van der Waals surface area contributed by atoms with Gasteiger partial charge in [0.1, 0.15) is 0 Å². The molecule has 0 aliphatic carbocycles. The van der Waals surface area contributed by atoms with Gasteiger partial charge in [-0.3, -0.25) is 4.68 Å². The normalized spacial score (nSPS) is 10.5. The molecule has 0 saturated heterocycles. The summed E-state index contributed by atoms with van der Waals surface area (Å²) >= 11 is 0. The van der Waals surface area contributed by atoms with E-state index in [1.807, 2.05) is 42.2 Å². The predicted molar refractivity (Wildman–Crippen MR) is 62.4 cm³/mol. The van der Waals surface area contributed by atoms with Crippen molar-refractivity contribution < 1.29 is 0 Å². The van der Waals surface area contributed by atoms with E-state index in [0.717, 1.165) is 17.8 Å². The number of benzene rings is 1. The molecule has 2 rings (SSSR count). The molecule has 0 atom stereocenters. The lowest BCUT2D eigenvalue weighted by molar-refractivity contribution is 0.746. The molecule has 0 aliphatic heterocycles. The van der Waals surface area contributed by atoms with E-state index in [1.165, 1.54) is 11.1 Å². The predicted octanol–water partition coefficient (Wildman–Crippen LogP) is 2.23. The molecule has 15 heavy (non-hydrogen) atoms. The van der Waals surface area contributed by atoms with Gasteiger partial charge in [0.05, 0.1) is 5.69 Å². The van der Waals surface area contributed by atoms with Crippen LogP contribution in [0.4, 0.5) is 5.69 Å². The van der Waals surface area contributed by atoms with Gasteiger partial charge in [-0.2, -0.15) is 5.10 Å². The highest BCUT2D eigenvalue weighted by atomic mass is 15.2.